The number of alkyl halides is 2. The third-order valence-corrected chi connectivity index (χ3v) is 7.21. The Morgan fingerprint density at radius 1 is 0.548 bits per heavy atom. The van der Waals surface area contributed by atoms with Gasteiger partial charge in [0.2, 0.25) is 0 Å². The van der Waals surface area contributed by atoms with Crippen molar-refractivity contribution in [3.8, 4) is 39.1 Å². The van der Waals surface area contributed by atoms with E-state index in [0.717, 1.165) is 41.3 Å². The molecule has 42 heavy (non-hydrogen) atoms. The molecular weight excluding hydrogens is 543 g/mol. The molecule has 0 aliphatic carbocycles. The number of hydrogen-bond acceptors (Lipinski definition) is 1. The minimum atomic E-state index is -3.81. The predicted molar refractivity (Wildman–Crippen MR) is 157 cm³/mol. The van der Waals surface area contributed by atoms with Crippen molar-refractivity contribution in [3.05, 3.63) is 138 Å². The second-order valence-corrected chi connectivity index (χ2v) is 10.2. The number of unbranched alkanes of at least 4 members (excludes halogenated alkanes) is 2. The standard InChI is InChI=1S/C36H29F5O/c1-2-3-4-5-24-6-8-25(9-7-24)26-10-12-27(13-11-26)29-16-20-32(34(38)22-29)28-14-17-30(18-15-28)36(40,41)42-31-19-21-33(37)35(39)23-31/h6-23H,2-5H2,1H3. The highest BCUT2D eigenvalue weighted by Crippen LogP contribution is 2.35. The van der Waals surface area contributed by atoms with E-state index in [2.05, 4.69) is 35.9 Å². The fourth-order valence-electron chi connectivity index (χ4n) is 4.82. The van der Waals surface area contributed by atoms with Crippen molar-refractivity contribution in [1.82, 2.24) is 0 Å². The topological polar surface area (TPSA) is 9.23 Å². The first-order valence-electron chi connectivity index (χ1n) is 13.9. The van der Waals surface area contributed by atoms with Gasteiger partial charge in [0.05, 0.1) is 5.56 Å². The summed E-state index contributed by atoms with van der Waals surface area (Å²) in [5.74, 6) is -3.48. The number of benzene rings is 5. The quantitative estimate of drug-likeness (QED) is 0.119. The summed E-state index contributed by atoms with van der Waals surface area (Å²) in [6.07, 6.45) is 0.898. The zero-order valence-electron chi connectivity index (χ0n) is 23.0. The van der Waals surface area contributed by atoms with Crippen LogP contribution in [-0.4, -0.2) is 0 Å². The first-order valence-corrected chi connectivity index (χ1v) is 13.9. The van der Waals surface area contributed by atoms with E-state index < -0.39 is 34.9 Å². The molecule has 0 saturated carbocycles. The number of ether oxygens (including phenoxy) is 1. The van der Waals surface area contributed by atoms with Gasteiger partial charge in [0.25, 0.3) is 0 Å². The molecule has 214 valence electrons. The smallest absolute Gasteiger partial charge is 0.426 e. The molecule has 5 aromatic rings. The SMILES string of the molecule is CCCCCc1ccc(-c2ccc(-c3ccc(-c4ccc(C(F)(F)Oc5ccc(F)c(F)c5)cc4)c(F)c3)cc2)cc1. The van der Waals surface area contributed by atoms with Crippen molar-refractivity contribution >= 4 is 0 Å². The highest BCUT2D eigenvalue weighted by Gasteiger charge is 2.34. The van der Waals surface area contributed by atoms with Crippen LogP contribution in [0.15, 0.2) is 109 Å². The molecule has 6 heteroatoms. The van der Waals surface area contributed by atoms with Crippen molar-refractivity contribution in [1.29, 1.82) is 0 Å². The van der Waals surface area contributed by atoms with E-state index in [4.69, 9.17) is 0 Å². The molecule has 0 saturated heterocycles. The van der Waals surface area contributed by atoms with Crippen LogP contribution < -0.4 is 4.74 Å². The third-order valence-electron chi connectivity index (χ3n) is 7.21. The van der Waals surface area contributed by atoms with Crippen LogP contribution in [0.5, 0.6) is 5.75 Å². The Kier molecular flexibility index (Phi) is 8.72. The first-order chi connectivity index (χ1) is 20.2. The summed E-state index contributed by atoms with van der Waals surface area (Å²) < 4.78 is 75.5. The van der Waals surface area contributed by atoms with Crippen LogP contribution in [0.25, 0.3) is 33.4 Å². The van der Waals surface area contributed by atoms with Crippen molar-refractivity contribution in [2.24, 2.45) is 0 Å². The first kappa shape index (κ1) is 29.1. The van der Waals surface area contributed by atoms with Crippen LogP contribution in [0, 0.1) is 17.5 Å². The van der Waals surface area contributed by atoms with Gasteiger partial charge in [-0.1, -0.05) is 92.6 Å². The normalized spacial score (nSPS) is 11.5. The zero-order chi connectivity index (χ0) is 29.7. The third kappa shape index (κ3) is 6.71. The van der Waals surface area contributed by atoms with E-state index in [1.165, 1.54) is 43.0 Å². The van der Waals surface area contributed by atoms with Gasteiger partial charge in [0, 0.05) is 11.6 Å². The van der Waals surface area contributed by atoms with Crippen LogP contribution in [0.4, 0.5) is 22.0 Å². The summed E-state index contributed by atoms with van der Waals surface area (Å²) in [7, 11) is 0. The molecule has 0 aromatic heterocycles. The Morgan fingerprint density at radius 2 is 1.12 bits per heavy atom. The highest BCUT2D eigenvalue weighted by atomic mass is 19.3. The molecule has 0 atom stereocenters. The van der Waals surface area contributed by atoms with Gasteiger partial charge in [-0.25, -0.2) is 13.2 Å². The average molecular weight is 573 g/mol. The molecule has 0 radical (unpaired) electrons. The van der Waals surface area contributed by atoms with Gasteiger partial charge in [-0.05, 0) is 76.6 Å². The number of hydrogen-bond donors (Lipinski definition) is 0. The van der Waals surface area contributed by atoms with Crippen LogP contribution >= 0.6 is 0 Å². The maximum Gasteiger partial charge on any atom is 0.426 e. The Labute approximate surface area is 242 Å². The molecule has 5 rings (SSSR count). The minimum absolute atomic E-state index is 0.255. The molecule has 0 amide bonds. The van der Waals surface area contributed by atoms with E-state index in [1.807, 2.05) is 24.3 Å². The van der Waals surface area contributed by atoms with E-state index >= 15 is 4.39 Å². The van der Waals surface area contributed by atoms with Gasteiger partial charge < -0.3 is 4.74 Å². The fraction of sp³-hybridized carbons (Fsp3) is 0.167. The van der Waals surface area contributed by atoms with Gasteiger partial charge in [-0.15, -0.1) is 0 Å². The van der Waals surface area contributed by atoms with Gasteiger partial charge in [0.1, 0.15) is 11.6 Å². The second-order valence-electron chi connectivity index (χ2n) is 10.2. The number of rotatable bonds is 10. The molecule has 0 aliphatic heterocycles. The van der Waals surface area contributed by atoms with Gasteiger partial charge in [-0.3, -0.25) is 0 Å². The maximum atomic E-state index is 15.2. The molecule has 0 spiro atoms. The predicted octanol–water partition coefficient (Wildman–Crippen LogP) is 11.0. The lowest BCUT2D eigenvalue weighted by Crippen LogP contribution is -2.21. The summed E-state index contributed by atoms with van der Waals surface area (Å²) in [5, 5.41) is 0. The van der Waals surface area contributed by atoms with Crippen LogP contribution in [-0.2, 0) is 12.5 Å². The van der Waals surface area contributed by atoms with Crippen LogP contribution in [0.2, 0.25) is 0 Å². The highest BCUT2D eigenvalue weighted by molar-refractivity contribution is 5.74. The number of aryl methyl sites for hydroxylation is 1. The summed E-state index contributed by atoms with van der Waals surface area (Å²) in [5.41, 5.74) is 5.21. The van der Waals surface area contributed by atoms with Crippen molar-refractivity contribution in [3.63, 3.8) is 0 Å². The molecule has 0 aliphatic rings. The van der Waals surface area contributed by atoms with Gasteiger partial charge in [-0.2, -0.15) is 8.78 Å². The molecule has 0 N–H and O–H groups in total. The Balaban J connectivity index is 1.27. The summed E-state index contributed by atoms with van der Waals surface area (Å²) in [4.78, 5) is 0. The van der Waals surface area contributed by atoms with E-state index in [-0.39, 0.29) is 5.56 Å². The summed E-state index contributed by atoms with van der Waals surface area (Å²) >= 11 is 0. The molecule has 0 bridgehead atoms. The molecule has 0 fully saturated rings. The van der Waals surface area contributed by atoms with Gasteiger partial charge in [0.15, 0.2) is 11.6 Å². The molecule has 0 unspecified atom stereocenters. The molecular formula is C36H29F5O. The second kappa shape index (κ2) is 12.6. The van der Waals surface area contributed by atoms with Crippen LogP contribution in [0.1, 0.15) is 37.3 Å². The van der Waals surface area contributed by atoms with E-state index in [9.17, 15) is 17.6 Å². The van der Waals surface area contributed by atoms with Crippen molar-refractivity contribution < 1.29 is 26.7 Å². The minimum Gasteiger partial charge on any atom is -0.429 e. The summed E-state index contributed by atoms with van der Waals surface area (Å²) in [6, 6.07) is 28.4. The molecule has 0 heterocycles. The lowest BCUT2D eigenvalue weighted by Gasteiger charge is -2.18. The van der Waals surface area contributed by atoms with E-state index in [0.29, 0.717) is 23.3 Å². The number of halogens is 5. The van der Waals surface area contributed by atoms with E-state index in [1.54, 1.807) is 12.1 Å². The lowest BCUT2D eigenvalue weighted by molar-refractivity contribution is -0.185. The average Bonchev–Trinajstić information content (AvgIpc) is 2.99. The Hall–Kier alpha value is -4.45. The molecule has 5 aromatic carbocycles. The van der Waals surface area contributed by atoms with Gasteiger partial charge >= 0.3 is 6.11 Å². The monoisotopic (exact) mass is 572 g/mol. The fourth-order valence-corrected chi connectivity index (χ4v) is 4.82. The maximum absolute atomic E-state index is 15.2. The van der Waals surface area contributed by atoms with Crippen LogP contribution in [0.3, 0.4) is 0 Å². The van der Waals surface area contributed by atoms with Crippen molar-refractivity contribution in [2.75, 3.05) is 0 Å². The lowest BCUT2D eigenvalue weighted by atomic mass is 9.96. The largest absolute Gasteiger partial charge is 0.429 e. The zero-order valence-corrected chi connectivity index (χ0v) is 23.0. The Bertz CT molecular complexity index is 1640. The Morgan fingerprint density at radius 3 is 1.71 bits per heavy atom. The van der Waals surface area contributed by atoms with Crippen molar-refractivity contribution in [2.45, 2.75) is 38.7 Å². The summed E-state index contributed by atoms with van der Waals surface area (Å²) in [6.45, 7) is 2.20. The molecule has 1 nitrogen and oxygen atoms in total.